The van der Waals surface area contributed by atoms with Gasteiger partial charge in [0.15, 0.2) is 0 Å². The number of aromatic nitrogens is 2. The summed E-state index contributed by atoms with van der Waals surface area (Å²) in [4.78, 5) is 18.8. The third kappa shape index (κ3) is 3.04. The van der Waals surface area contributed by atoms with E-state index in [0.29, 0.717) is 17.3 Å². The van der Waals surface area contributed by atoms with Crippen LogP contribution in [0.1, 0.15) is 22.5 Å². The van der Waals surface area contributed by atoms with Crippen molar-refractivity contribution in [3.05, 3.63) is 57.1 Å². The van der Waals surface area contributed by atoms with Gasteiger partial charge in [0.2, 0.25) is 0 Å². The van der Waals surface area contributed by atoms with Gasteiger partial charge in [-0.15, -0.1) is 11.8 Å². The number of nitriles is 1. The summed E-state index contributed by atoms with van der Waals surface area (Å²) in [6.45, 7) is 2.02. The highest BCUT2D eigenvalue weighted by atomic mass is 32.2. The first-order chi connectivity index (χ1) is 9.13. The molecule has 1 aromatic heterocycles. The normalized spacial score (nSPS) is 10.2. The van der Waals surface area contributed by atoms with Gasteiger partial charge in [-0.2, -0.15) is 5.26 Å². The fourth-order valence-corrected chi connectivity index (χ4v) is 2.39. The number of hydrogen-bond acceptors (Lipinski definition) is 4. The minimum Gasteiger partial charge on any atom is -0.309 e. The second-order valence-corrected chi connectivity index (χ2v) is 4.97. The molecule has 5 heteroatoms. The summed E-state index contributed by atoms with van der Waals surface area (Å²) >= 11 is 1.31. The largest absolute Gasteiger partial charge is 0.309 e. The molecule has 0 aliphatic carbocycles. The molecule has 2 rings (SSSR count). The first-order valence-corrected chi connectivity index (χ1v) is 6.99. The number of benzene rings is 1. The number of thioether (sulfide) groups is 1. The van der Waals surface area contributed by atoms with Gasteiger partial charge in [0, 0.05) is 6.42 Å². The van der Waals surface area contributed by atoms with Crippen molar-refractivity contribution in [2.24, 2.45) is 0 Å². The van der Waals surface area contributed by atoms with E-state index in [-0.39, 0.29) is 11.1 Å². The van der Waals surface area contributed by atoms with Crippen LogP contribution in [0, 0.1) is 18.3 Å². The molecule has 0 saturated heterocycles. The van der Waals surface area contributed by atoms with Crippen LogP contribution in [-0.4, -0.2) is 16.2 Å². The minimum absolute atomic E-state index is 0.0838. The Kier molecular flexibility index (Phi) is 4.03. The number of hydrogen-bond donors (Lipinski definition) is 1. The van der Waals surface area contributed by atoms with Crippen molar-refractivity contribution in [1.29, 1.82) is 5.26 Å². The lowest BCUT2D eigenvalue weighted by Crippen LogP contribution is -2.16. The Bertz CT molecular complexity index is 701. The maximum absolute atomic E-state index is 11.8. The molecule has 1 N–H and O–H groups in total. The summed E-state index contributed by atoms with van der Waals surface area (Å²) in [7, 11) is 0. The van der Waals surface area contributed by atoms with Gasteiger partial charge in [-0.3, -0.25) is 4.79 Å². The SMILES string of the molecule is CSc1nc(Cc2cccc(C)c2)[nH]c(=O)c1C#N. The van der Waals surface area contributed by atoms with Crippen molar-refractivity contribution >= 4 is 11.8 Å². The third-order valence-corrected chi connectivity index (χ3v) is 3.38. The molecule has 1 aromatic carbocycles. The molecule has 0 aliphatic heterocycles. The van der Waals surface area contributed by atoms with Gasteiger partial charge >= 0.3 is 0 Å². The predicted octanol–water partition coefficient (Wildman–Crippen LogP) is 2.26. The standard InChI is InChI=1S/C14H13N3OS/c1-9-4-3-5-10(6-9)7-12-16-13(18)11(8-15)14(17-12)19-2/h3-6H,7H2,1-2H3,(H,16,17,18). The van der Waals surface area contributed by atoms with Crippen LogP contribution in [0.15, 0.2) is 34.1 Å². The van der Waals surface area contributed by atoms with Crippen molar-refractivity contribution in [3.63, 3.8) is 0 Å². The molecule has 4 nitrogen and oxygen atoms in total. The van der Waals surface area contributed by atoms with E-state index in [2.05, 4.69) is 16.0 Å². The summed E-state index contributed by atoms with van der Waals surface area (Å²) in [5.41, 5.74) is 1.96. The van der Waals surface area contributed by atoms with Gasteiger partial charge in [0.1, 0.15) is 22.5 Å². The molecule has 96 valence electrons. The highest BCUT2D eigenvalue weighted by Gasteiger charge is 2.10. The van der Waals surface area contributed by atoms with Crippen LogP contribution >= 0.6 is 11.8 Å². The molecule has 19 heavy (non-hydrogen) atoms. The quantitative estimate of drug-likeness (QED) is 0.686. The number of aryl methyl sites for hydroxylation is 1. The maximum atomic E-state index is 11.8. The van der Waals surface area contributed by atoms with Crippen LogP contribution in [0.2, 0.25) is 0 Å². The molecule has 0 bridgehead atoms. The van der Waals surface area contributed by atoms with Gasteiger partial charge in [-0.1, -0.05) is 29.8 Å². The van der Waals surface area contributed by atoms with E-state index >= 15 is 0 Å². The number of nitrogens with zero attached hydrogens (tertiary/aromatic N) is 2. The Hall–Kier alpha value is -2.06. The van der Waals surface area contributed by atoms with Crippen molar-refractivity contribution < 1.29 is 0 Å². The topological polar surface area (TPSA) is 69.5 Å². The zero-order chi connectivity index (χ0) is 13.8. The molecule has 0 unspecified atom stereocenters. The van der Waals surface area contributed by atoms with Crippen LogP contribution in [0.4, 0.5) is 0 Å². The van der Waals surface area contributed by atoms with Gasteiger partial charge in [0.25, 0.3) is 5.56 Å². The van der Waals surface area contributed by atoms with Gasteiger partial charge in [0.05, 0.1) is 0 Å². The lowest BCUT2D eigenvalue weighted by molar-refractivity contribution is 0.880. The van der Waals surface area contributed by atoms with E-state index in [1.165, 1.54) is 17.3 Å². The summed E-state index contributed by atoms with van der Waals surface area (Å²) in [5.74, 6) is 0.582. The van der Waals surface area contributed by atoms with Crippen molar-refractivity contribution in [1.82, 2.24) is 9.97 Å². The van der Waals surface area contributed by atoms with Crippen LogP contribution in [-0.2, 0) is 6.42 Å². The van der Waals surface area contributed by atoms with Crippen LogP contribution < -0.4 is 5.56 Å². The van der Waals surface area contributed by atoms with Crippen LogP contribution in [0.3, 0.4) is 0 Å². The Labute approximate surface area is 115 Å². The molecule has 0 saturated carbocycles. The molecule has 2 aromatic rings. The first kappa shape index (κ1) is 13.4. The Balaban J connectivity index is 2.40. The van der Waals surface area contributed by atoms with Crippen LogP contribution in [0.25, 0.3) is 0 Å². The zero-order valence-corrected chi connectivity index (χ0v) is 11.5. The average Bonchev–Trinajstić information content (AvgIpc) is 2.38. The average molecular weight is 271 g/mol. The second kappa shape index (κ2) is 5.72. The van der Waals surface area contributed by atoms with E-state index in [1.807, 2.05) is 31.2 Å². The van der Waals surface area contributed by atoms with E-state index in [9.17, 15) is 4.79 Å². The Morgan fingerprint density at radius 1 is 1.47 bits per heavy atom. The summed E-state index contributed by atoms with van der Waals surface area (Å²) in [6.07, 6.45) is 2.36. The van der Waals surface area contributed by atoms with Crippen LogP contribution in [0.5, 0.6) is 0 Å². The smallest absolute Gasteiger partial charge is 0.270 e. The third-order valence-electron chi connectivity index (χ3n) is 2.69. The fraction of sp³-hybridized carbons (Fsp3) is 0.214. The molecule has 0 aliphatic rings. The number of aromatic amines is 1. The summed E-state index contributed by atoms with van der Waals surface area (Å²) < 4.78 is 0. The molecule has 0 fully saturated rings. The van der Waals surface area contributed by atoms with Gasteiger partial charge in [-0.05, 0) is 18.7 Å². The number of rotatable bonds is 3. The fourth-order valence-electron chi connectivity index (χ4n) is 1.84. The van der Waals surface area contributed by atoms with E-state index in [0.717, 1.165) is 5.56 Å². The minimum atomic E-state index is -0.371. The van der Waals surface area contributed by atoms with E-state index in [4.69, 9.17) is 5.26 Å². The van der Waals surface area contributed by atoms with E-state index < -0.39 is 0 Å². The summed E-state index contributed by atoms with van der Waals surface area (Å²) in [6, 6.07) is 9.92. The number of H-pyrrole nitrogens is 1. The molecule has 0 radical (unpaired) electrons. The maximum Gasteiger partial charge on any atom is 0.270 e. The van der Waals surface area contributed by atoms with E-state index in [1.54, 1.807) is 6.26 Å². The van der Waals surface area contributed by atoms with Crippen molar-refractivity contribution in [3.8, 4) is 6.07 Å². The molecule has 1 heterocycles. The summed E-state index contributed by atoms with van der Waals surface area (Å²) in [5, 5.41) is 9.40. The monoisotopic (exact) mass is 271 g/mol. The highest BCUT2D eigenvalue weighted by molar-refractivity contribution is 7.98. The van der Waals surface area contributed by atoms with Crippen molar-refractivity contribution in [2.45, 2.75) is 18.4 Å². The Morgan fingerprint density at radius 2 is 2.26 bits per heavy atom. The molecule has 0 spiro atoms. The lowest BCUT2D eigenvalue weighted by atomic mass is 10.1. The Morgan fingerprint density at radius 3 is 2.89 bits per heavy atom. The molecule has 0 amide bonds. The van der Waals surface area contributed by atoms with Gasteiger partial charge in [-0.25, -0.2) is 4.98 Å². The molecular weight excluding hydrogens is 258 g/mol. The van der Waals surface area contributed by atoms with Crippen molar-refractivity contribution in [2.75, 3.05) is 6.26 Å². The molecule has 0 atom stereocenters. The number of nitrogens with one attached hydrogen (secondary N) is 1. The predicted molar refractivity (Wildman–Crippen MR) is 75.3 cm³/mol. The zero-order valence-electron chi connectivity index (χ0n) is 10.7. The molecular formula is C14H13N3OS. The van der Waals surface area contributed by atoms with Gasteiger partial charge < -0.3 is 4.98 Å². The first-order valence-electron chi connectivity index (χ1n) is 5.77. The highest BCUT2D eigenvalue weighted by Crippen LogP contribution is 2.15. The second-order valence-electron chi connectivity index (χ2n) is 4.17. The lowest BCUT2D eigenvalue weighted by Gasteiger charge is -2.05.